The summed E-state index contributed by atoms with van der Waals surface area (Å²) in [7, 11) is 4.17. The predicted molar refractivity (Wildman–Crippen MR) is 168 cm³/mol. The highest BCUT2D eigenvalue weighted by Crippen LogP contribution is 2.38. The van der Waals surface area contributed by atoms with Crippen LogP contribution in [-0.2, 0) is 0 Å². The Morgan fingerprint density at radius 2 is 1.88 bits per heavy atom. The largest absolute Gasteiger partial charge is 0.508 e. The van der Waals surface area contributed by atoms with E-state index < -0.39 is 5.82 Å². The van der Waals surface area contributed by atoms with Crippen LogP contribution in [0.4, 0.5) is 10.2 Å². The summed E-state index contributed by atoms with van der Waals surface area (Å²) >= 11 is 6.77. The molecule has 3 aromatic rings. The van der Waals surface area contributed by atoms with Crippen LogP contribution in [-0.4, -0.2) is 71.4 Å². The minimum absolute atomic E-state index is 0.0118. The van der Waals surface area contributed by atoms with E-state index in [1.807, 2.05) is 31.2 Å². The highest BCUT2D eigenvalue weighted by molar-refractivity contribution is 6.33. The molecule has 3 fully saturated rings. The standard InChI is InChI=1S/C33H39ClFN5O2/c1-19-7-5-6-8-21(19)14-25(41)13-20(2)29-28(34)16-27-31(30(29)35)37-33(42-26-12-11-24(15-26)39(3)4)38-32(27)40-17-22-9-10-23(18-40)36-22/h5-8,13-14,16,22-24,26,36,41H,9-12,15,17-18H2,1-4H3/b20-13+,25-14+. The second kappa shape index (κ2) is 11.8. The van der Waals surface area contributed by atoms with Gasteiger partial charge in [0.15, 0.2) is 5.82 Å². The Morgan fingerprint density at radius 1 is 1.14 bits per heavy atom. The second-order valence-electron chi connectivity index (χ2n) is 12.2. The molecule has 2 saturated heterocycles. The van der Waals surface area contributed by atoms with Crippen molar-refractivity contribution in [2.45, 2.75) is 70.2 Å². The van der Waals surface area contributed by atoms with E-state index >= 15 is 4.39 Å². The van der Waals surface area contributed by atoms with Gasteiger partial charge >= 0.3 is 6.01 Å². The summed E-state index contributed by atoms with van der Waals surface area (Å²) in [5.74, 6) is 0.128. The molecule has 7 nitrogen and oxygen atoms in total. The summed E-state index contributed by atoms with van der Waals surface area (Å²) in [6.45, 7) is 5.28. The number of piperazine rings is 1. The first-order valence-electron chi connectivity index (χ1n) is 14.8. The smallest absolute Gasteiger partial charge is 0.319 e. The summed E-state index contributed by atoms with van der Waals surface area (Å²) in [6.07, 6.45) is 8.23. The first-order chi connectivity index (χ1) is 20.2. The normalized spacial score (nSPS) is 24.7. The van der Waals surface area contributed by atoms with E-state index in [1.165, 1.54) is 6.08 Å². The van der Waals surface area contributed by atoms with Crippen LogP contribution in [0.2, 0.25) is 5.02 Å². The maximum Gasteiger partial charge on any atom is 0.319 e. The second-order valence-corrected chi connectivity index (χ2v) is 12.6. The molecule has 2 aliphatic heterocycles. The van der Waals surface area contributed by atoms with Gasteiger partial charge in [-0.05, 0) is 95.0 Å². The molecule has 0 spiro atoms. The molecule has 0 radical (unpaired) electrons. The van der Waals surface area contributed by atoms with Crippen LogP contribution in [0.15, 0.2) is 42.2 Å². The van der Waals surface area contributed by atoms with Gasteiger partial charge in [0, 0.05) is 42.2 Å². The number of rotatable bonds is 7. The molecular formula is C33H39ClFN5O2. The van der Waals surface area contributed by atoms with E-state index in [0.717, 1.165) is 56.3 Å². The van der Waals surface area contributed by atoms with Crippen molar-refractivity contribution in [2.75, 3.05) is 32.1 Å². The fourth-order valence-electron chi connectivity index (χ4n) is 6.67. The Hall–Kier alpha value is -3.20. The lowest BCUT2D eigenvalue weighted by atomic mass is 10.0. The number of anilines is 1. The number of aromatic nitrogens is 2. The van der Waals surface area contributed by atoms with Crippen LogP contribution in [0.5, 0.6) is 6.01 Å². The zero-order valence-electron chi connectivity index (χ0n) is 24.7. The third-order valence-corrected chi connectivity index (χ3v) is 9.27. The number of hydrogen-bond donors (Lipinski definition) is 2. The van der Waals surface area contributed by atoms with Gasteiger partial charge in [-0.2, -0.15) is 9.97 Å². The van der Waals surface area contributed by atoms with Crippen LogP contribution in [0, 0.1) is 12.7 Å². The quantitative estimate of drug-likeness (QED) is 0.239. The molecule has 0 amide bonds. The van der Waals surface area contributed by atoms with E-state index in [-0.39, 0.29) is 34.0 Å². The lowest BCUT2D eigenvalue weighted by Gasteiger charge is -2.34. The molecule has 9 heteroatoms. The van der Waals surface area contributed by atoms with Gasteiger partial charge in [-0.15, -0.1) is 0 Å². The minimum atomic E-state index is -0.542. The molecule has 42 heavy (non-hydrogen) atoms. The Labute approximate surface area is 252 Å². The summed E-state index contributed by atoms with van der Waals surface area (Å²) < 4.78 is 22.8. The van der Waals surface area contributed by atoms with E-state index in [2.05, 4.69) is 34.2 Å². The number of aliphatic hydroxyl groups is 1. The fourth-order valence-corrected chi connectivity index (χ4v) is 7.01. The van der Waals surface area contributed by atoms with Gasteiger partial charge < -0.3 is 25.0 Å². The summed E-state index contributed by atoms with van der Waals surface area (Å²) in [4.78, 5) is 14.0. The first kappa shape index (κ1) is 28.9. The van der Waals surface area contributed by atoms with Gasteiger partial charge in [0.1, 0.15) is 23.2 Å². The van der Waals surface area contributed by atoms with Gasteiger partial charge in [0.05, 0.1) is 5.02 Å². The first-order valence-corrected chi connectivity index (χ1v) is 15.2. The van der Waals surface area contributed by atoms with Crippen LogP contribution < -0.4 is 15.0 Å². The van der Waals surface area contributed by atoms with Crippen molar-refractivity contribution in [3.05, 3.63) is 69.7 Å². The van der Waals surface area contributed by atoms with Crippen molar-refractivity contribution in [2.24, 2.45) is 0 Å². The van der Waals surface area contributed by atoms with Gasteiger partial charge in [0.25, 0.3) is 0 Å². The number of aryl methyl sites for hydroxylation is 1. The number of allylic oxidation sites excluding steroid dienone is 2. The van der Waals surface area contributed by atoms with Crippen LogP contribution >= 0.6 is 11.6 Å². The van der Waals surface area contributed by atoms with E-state index in [0.29, 0.717) is 34.9 Å². The molecule has 4 atom stereocenters. The summed E-state index contributed by atoms with van der Waals surface area (Å²) in [5.41, 5.74) is 2.80. The molecule has 1 saturated carbocycles. The van der Waals surface area contributed by atoms with Gasteiger partial charge in [0.2, 0.25) is 0 Å². The number of nitrogens with one attached hydrogen (secondary N) is 1. The Bertz CT molecular complexity index is 1550. The molecule has 222 valence electrons. The highest BCUT2D eigenvalue weighted by Gasteiger charge is 2.35. The molecular weight excluding hydrogens is 553 g/mol. The Kier molecular flexibility index (Phi) is 8.13. The number of fused-ring (bicyclic) bond motifs is 3. The van der Waals surface area contributed by atoms with Crippen molar-refractivity contribution in [1.29, 1.82) is 0 Å². The third-order valence-electron chi connectivity index (χ3n) is 8.97. The van der Waals surface area contributed by atoms with Gasteiger partial charge in [-0.3, -0.25) is 0 Å². The topological polar surface area (TPSA) is 73.8 Å². The molecule has 6 rings (SSSR count). The zero-order chi connectivity index (χ0) is 29.5. The van der Waals surface area contributed by atoms with E-state index in [9.17, 15) is 5.11 Å². The lowest BCUT2D eigenvalue weighted by molar-refractivity contribution is 0.179. The van der Waals surface area contributed by atoms with Gasteiger partial charge in [-0.1, -0.05) is 35.9 Å². The Balaban J connectivity index is 1.41. The number of benzene rings is 2. The number of halogens is 2. The molecule has 1 aromatic heterocycles. The van der Waals surface area contributed by atoms with E-state index in [4.69, 9.17) is 21.3 Å². The van der Waals surface area contributed by atoms with Crippen LogP contribution in [0.1, 0.15) is 55.7 Å². The maximum absolute atomic E-state index is 16.5. The molecule has 2 bridgehead atoms. The zero-order valence-corrected chi connectivity index (χ0v) is 25.5. The SMILES string of the molecule is C/C(=C\C(O)=C/c1ccccc1C)c1c(Cl)cc2c(N3CC4CCC(C3)N4)nc(OC3CCC(N(C)C)C3)nc2c1F. The number of ether oxygens (including phenoxy) is 1. The van der Waals surface area contributed by atoms with Gasteiger partial charge in [-0.25, -0.2) is 4.39 Å². The minimum Gasteiger partial charge on any atom is -0.508 e. The van der Waals surface area contributed by atoms with Crippen molar-refractivity contribution < 1.29 is 14.2 Å². The number of hydrogen-bond acceptors (Lipinski definition) is 7. The average molecular weight is 592 g/mol. The monoisotopic (exact) mass is 591 g/mol. The average Bonchev–Trinajstić information content (AvgIpc) is 3.55. The lowest BCUT2D eigenvalue weighted by Crippen LogP contribution is -2.51. The fraction of sp³-hybridized carbons (Fsp3) is 0.455. The molecule has 4 unspecified atom stereocenters. The van der Waals surface area contributed by atoms with Crippen molar-refractivity contribution in [3.63, 3.8) is 0 Å². The number of nitrogens with zero attached hydrogens (tertiary/aromatic N) is 4. The van der Waals surface area contributed by atoms with Crippen LogP contribution in [0.25, 0.3) is 22.6 Å². The molecule has 2 aromatic carbocycles. The van der Waals surface area contributed by atoms with Crippen molar-refractivity contribution in [3.8, 4) is 6.01 Å². The molecule has 3 aliphatic rings. The third kappa shape index (κ3) is 5.85. The summed E-state index contributed by atoms with van der Waals surface area (Å²) in [6, 6.07) is 10.9. The van der Waals surface area contributed by atoms with Crippen LogP contribution in [0.3, 0.4) is 0 Å². The summed E-state index contributed by atoms with van der Waals surface area (Å²) in [5, 5.41) is 15.2. The van der Waals surface area contributed by atoms with E-state index in [1.54, 1.807) is 19.1 Å². The molecule has 3 heterocycles. The van der Waals surface area contributed by atoms with Crippen molar-refractivity contribution in [1.82, 2.24) is 20.2 Å². The molecule has 2 N–H and O–H groups in total. The predicted octanol–water partition coefficient (Wildman–Crippen LogP) is 6.54. The molecule has 1 aliphatic carbocycles. The Morgan fingerprint density at radius 3 is 2.57 bits per heavy atom. The number of aliphatic hydroxyl groups excluding tert-OH is 1. The van der Waals surface area contributed by atoms with Crippen molar-refractivity contribution >= 4 is 40.0 Å². The maximum atomic E-state index is 16.5. The highest BCUT2D eigenvalue weighted by atomic mass is 35.5.